The summed E-state index contributed by atoms with van der Waals surface area (Å²) in [6.07, 6.45) is 8.30. The van der Waals surface area contributed by atoms with E-state index in [0.717, 1.165) is 47.2 Å². The Balaban J connectivity index is 1.62. The predicted molar refractivity (Wildman–Crippen MR) is 110 cm³/mol. The van der Waals surface area contributed by atoms with Crippen LogP contribution in [-0.2, 0) is 13.1 Å². The molecule has 0 N–H and O–H groups in total. The molecule has 0 radical (unpaired) electrons. The standard InChI is InChI=1S/C21H22N4O2S/c1-2-26-18-8-6-17(7-9-18)23-21-25(12-4-11-24-13-10-22-16-24)19(15-28-21)20-5-3-14-27-20/h3,5-10,13-16H,2,4,11-12H2,1H3. The van der Waals surface area contributed by atoms with Crippen molar-refractivity contribution >= 4 is 17.0 Å². The number of rotatable bonds is 8. The largest absolute Gasteiger partial charge is 0.494 e. The average molecular weight is 395 g/mol. The number of imidazole rings is 1. The number of benzene rings is 1. The molecule has 0 saturated heterocycles. The highest BCUT2D eigenvalue weighted by molar-refractivity contribution is 7.07. The lowest BCUT2D eigenvalue weighted by Gasteiger charge is -2.08. The van der Waals surface area contributed by atoms with Gasteiger partial charge in [0.15, 0.2) is 10.6 Å². The van der Waals surface area contributed by atoms with Crippen molar-refractivity contribution in [1.82, 2.24) is 14.1 Å². The van der Waals surface area contributed by atoms with Crippen molar-refractivity contribution in [2.24, 2.45) is 4.99 Å². The Kier molecular flexibility index (Phi) is 5.72. The molecule has 4 aromatic rings. The zero-order valence-corrected chi connectivity index (χ0v) is 16.5. The molecule has 0 amide bonds. The zero-order valence-electron chi connectivity index (χ0n) is 15.7. The van der Waals surface area contributed by atoms with Crippen LogP contribution in [0.5, 0.6) is 5.75 Å². The fourth-order valence-electron chi connectivity index (χ4n) is 2.98. The zero-order chi connectivity index (χ0) is 19.2. The summed E-state index contributed by atoms with van der Waals surface area (Å²) in [7, 11) is 0. The van der Waals surface area contributed by atoms with Crippen molar-refractivity contribution < 1.29 is 9.15 Å². The van der Waals surface area contributed by atoms with E-state index in [1.54, 1.807) is 23.8 Å². The Morgan fingerprint density at radius 1 is 1.18 bits per heavy atom. The summed E-state index contributed by atoms with van der Waals surface area (Å²) in [5.74, 6) is 1.71. The summed E-state index contributed by atoms with van der Waals surface area (Å²) in [6.45, 7) is 4.38. The molecule has 0 saturated carbocycles. The maximum atomic E-state index is 5.63. The van der Waals surface area contributed by atoms with Gasteiger partial charge < -0.3 is 18.3 Å². The lowest BCUT2D eigenvalue weighted by Crippen LogP contribution is -2.17. The minimum Gasteiger partial charge on any atom is -0.494 e. The molecule has 1 aromatic carbocycles. The van der Waals surface area contributed by atoms with Crippen LogP contribution >= 0.6 is 11.3 Å². The smallest absolute Gasteiger partial charge is 0.190 e. The first-order valence-electron chi connectivity index (χ1n) is 9.29. The van der Waals surface area contributed by atoms with E-state index < -0.39 is 0 Å². The van der Waals surface area contributed by atoms with E-state index >= 15 is 0 Å². The summed E-state index contributed by atoms with van der Waals surface area (Å²) in [5, 5.41) is 2.10. The van der Waals surface area contributed by atoms with E-state index in [-0.39, 0.29) is 0 Å². The van der Waals surface area contributed by atoms with Crippen LogP contribution in [0.2, 0.25) is 0 Å². The third-order valence-corrected chi connectivity index (χ3v) is 5.16. The molecule has 28 heavy (non-hydrogen) atoms. The highest BCUT2D eigenvalue weighted by Crippen LogP contribution is 2.22. The van der Waals surface area contributed by atoms with Gasteiger partial charge in [0, 0.05) is 30.9 Å². The first-order chi connectivity index (χ1) is 13.8. The number of thiazole rings is 1. The number of ether oxygens (including phenoxy) is 1. The van der Waals surface area contributed by atoms with Crippen LogP contribution in [0.1, 0.15) is 13.3 Å². The van der Waals surface area contributed by atoms with Gasteiger partial charge in [0.1, 0.15) is 5.75 Å². The number of nitrogens with zero attached hydrogens (tertiary/aromatic N) is 4. The van der Waals surface area contributed by atoms with E-state index in [4.69, 9.17) is 14.1 Å². The van der Waals surface area contributed by atoms with E-state index in [0.29, 0.717) is 6.61 Å². The first-order valence-corrected chi connectivity index (χ1v) is 10.2. The van der Waals surface area contributed by atoms with Gasteiger partial charge in [-0.25, -0.2) is 9.98 Å². The quantitative estimate of drug-likeness (QED) is 0.434. The summed E-state index contributed by atoms with van der Waals surface area (Å²) < 4.78 is 15.4. The molecular weight excluding hydrogens is 372 g/mol. The number of aryl methyl sites for hydroxylation is 1. The van der Waals surface area contributed by atoms with Crippen LogP contribution < -0.4 is 9.54 Å². The molecule has 0 atom stereocenters. The fourth-order valence-corrected chi connectivity index (χ4v) is 3.92. The Hall–Kier alpha value is -3.06. The number of aromatic nitrogens is 3. The van der Waals surface area contributed by atoms with Crippen molar-refractivity contribution in [3.63, 3.8) is 0 Å². The molecule has 0 fully saturated rings. The van der Waals surface area contributed by atoms with E-state index in [9.17, 15) is 0 Å². The molecule has 0 aliphatic heterocycles. The van der Waals surface area contributed by atoms with Crippen LogP contribution in [-0.4, -0.2) is 20.7 Å². The van der Waals surface area contributed by atoms with Gasteiger partial charge >= 0.3 is 0 Å². The second-order valence-corrected chi connectivity index (χ2v) is 7.06. The van der Waals surface area contributed by atoms with Crippen LogP contribution in [0.25, 0.3) is 11.5 Å². The minimum atomic E-state index is 0.658. The minimum absolute atomic E-state index is 0.658. The Morgan fingerprint density at radius 3 is 2.79 bits per heavy atom. The van der Waals surface area contributed by atoms with Gasteiger partial charge in [0.2, 0.25) is 0 Å². The van der Waals surface area contributed by atoms with Crippen molar-refractivity contribution in [3.8, 4) is 17.2 Å². The number of hydrogen-bond acceptors (Lipinski definition) is 5. The average Bonchev–Trinajstić information content (AvgIpc) is 3.46. The van der Waals surface area contributed by atoms with Crippen molar-refractivity contribution in [3.05, 3.63) is 71.6 Å². The second kappa shape index (κ2) is 8.75. The van der Waals surface area contributed by atoms with Crippen LogP contribution in [0.3, 0.4) is 0 Å². The molecule has 0 aliphatic carbocycles. The van der Waals surface area contributed by atoms with Crippen LogP contribution in [0.15, 0.2) is 76.2 Å². The maximum absolute atomic E-state index is 5.63. The third kappa shape index (κ3) is 4.26. The monoisotopic (exact) mass is 394 g/mol. The lowest BCUT2D eigenvalue weighted by molar-refractivity contribution is 0.340. The topological polar surface area (TPSA) is 57.5 Å². The highest BCUT2D eigenvalue weighted by Gasteiger charge is 2.10. The molecule has 6 nitrogen and oxygen atoms in total. The second-order valence-electron chi connectivity index (χ2n) is 6.23. The first kappa shape index (κ1) is 18.3. The van der Waals surface area contributed by atoms with Crippen LogP contribution in [0, 0.1) is 0 Å². The summed E-state index contributed by atoms with van der Waals surface area (Å²) >= 11 is 1.62. The molecule has 0 unspecified atom stereocenters. The molecule has 0 aliphatic rings. The van der Waals surface area contributed by atoms with Gasteiger partial charge in [-0.3, -0.25) is 0 Å². The summed E-state index contributed by atoms with van der Waals surface area (Å²) in [4.78, 5) is 9.90. The maximum Gasteiger partial charge on any atom is 0.190 e. The molecule has 4 rings (SSSR count). The third-order valence-electron chi connectivity index (χ3n) is 4.30. The van der Waals surface area contributed by atoms with Gasteiger partial charge in [0.25, 0.3) is 0 Å². The van der Waals surface area contributed by atoms with Gasteiger partial charge in [-0.15, -0.1) is 11.3 Å². The molecular formula is C21H22N4O2S. The summed E-state index contributed by atoms with van der Waals surface area (Å²) in [6, 6.07) is 11.8. The van der Waals surface area contributed by atoms with E-state index in [1.165, 1.54) is 0 Å². The molecule has 3 heterocycles. The normalized spacial score (nSPS) is 11.8. The Labute approximate surface area is 167 Å². The molecule has 0 spiro atoms. The van der Waals surface area contributed by atoms with Gasteiger partial charge in [-0.05, 0) is 49.7 Å². The highest BCUT2D eigenvalue weighted by atomic mass is 32.1. The molecule has 7 heteroatoms. The predicted octanol–water partition coefficient (Wildman–Crippen LogP) is 4.73. The number of furan rings is 1. The van der Waals surface area contributed by atoms with Gasteiger partial charge in [-0.2, -0.15) is 0 Å². The van der Waals surface area contributed by atoms with Crippen LogP contribution in [0.4, 0.5) is 5.69 Å². The van der Waals surface area contributed by atoms with Crippen molar-refractivity contribution in [2.75, 3.05) is 6.61 Å². The summed E-state index contributed by atoms with van der Waals surface area (Å²) in [5.41, 5.74) is 1.95. The molecule has 0 bridgehead atoms. The molecule has 3 aromatic heterocycles. The Morgan fingerprint density at radius 2 is 2.07 bits per heavy atom. The van der Waals surface area contributed by atoms with E-state index in [1.807, 2.05) is 55.8 Å². The van der Waals surface area contributed by atoms with E-state index in [2.05, 4.69) is 19.5 Å². The molecule has 144 valence electrons. The fraction of sp³-hybridized carbons (Fsp3) is 0.238. The van der Waals surface area contributed by atoms with Gasteiger partial charge in [-0.1, -0.05) is 0 Å². The SMILES string of the molecule is CCOc1ccc(N=c2scc(-c3ccco3)n2CCCn2ccnc2)cc1. The van der Waals surface area contributed by atoms with Gasteiger partial charge in [0.05, 0.1) is 30.6 Å². The van der Waals surface area contributed by atoms with Crippen molar-refractivity contribution in [1.29, 1.82) is 0 Å². The number of hydrogen-bond donors (Lipinski definition) is 0. The Bertz CT molecular complexity index is 1040. The lowest BCUT2D eigenvalue weighted by atomic mass is 10.3. The van der Waals surface area contributed by atoms with Crippen molar-refractivity contribution in [2.45, 2.75) is 26.4 Å².